The second kappa shape index (κ2) is 15.4. The number of aliphatic hydroxyl groups is 2. The zero-order valence-electron chi connectivity index (χ0n) is 26.8. The van der Waals surface area contributed by atoms with Gasteiger partial charge in [0, 0.05) is 31.4 Å². The summed E-state index contributed by atoms with van der Waals surface area (Å²) in [7, 11) is 0. The first-order valence-electron chi connectivity index (χ1n) is 16.5. The van der Waals surface area contributed by atoms with Gasteiger partial charge >= 0.3 is 0 Å². The number of aliphatic hydroxyl groups excluding tert-OH is 2. The summed E-state index contributed by atoms with van der Waals surface area (Å²) in [5.41, 5.74) is 4.48. The number of rotatable bonds is 6. The first-order chi connectivity index (χ1) is 19.8. The maximum absolute atomic E-state index is 11.4. The minimum Gasteiger partial charge on any atom is -0.392 e. The summed E-state index contributed by atoms with van der Waals surface area (Å²) in [6, 6.07) is 21.8. The Kier molecular flexibility index (Phi) is 12.8. The fourth-order valence-corrected chi connectivity index (χ4v) is 8.19. The quantitative estimate of drug-likeness (QED) is 0.247. The Morgan fingerprint density at radius 3 is 1.90 bits per heavy atom. The van der Waals surface area contributed by atoms with Crippen LogP contribution in [0.1, 0.15) is 117 Å². The maximum Gasteiger partial charge on any atom is 0.0651 e. The molecule has 2 atom stereocenters. The van der Waals surface area contributed by atoms with E-state index >= 15 is 0 Å². The van der Waals surface area contributed by atoms with Gasteiger partial charge in [0.05, 0.1) is 17.7 Å². The molecule has 0 bridgehead atoms. The molecule has 1 heterocycles. The largest absolute Gasteiger partial charge is 0.392 e. The fourth-order valence-electron chi connectivity index (χ4n) is 8.19. The van der Waals surface area contributed by atoms with E-state index in [9.17, 15) is 10.2 Å². The molecule has 1 aromatic heterocycles. The van der Waals surface area contributed by atoms with Gasteiger partial charge in [-0.05, 0) is 91.4 Å². The van der Waals surface area contributed by atoms with E-state index in [0.717, 1.165) is 55.3 Å². The van der Waals surface area contributed by atoms with Crippen molar-refractivity contribution in [2.75, 3.05) is 0 Å². The third-order valence-electron chi connectivity index (χ3n) is 11.2. The van der Waals surface area contributed by atoms with Crippen LogP contribution in [0.25, 0.3) is 22.2 Å². The Bertz CT molecular complexity index is 1200. The monoisotopic (exact) mass is 749 g/mol. The predicted octanol–water partition coefficient (Wildman–Crippen LogP) is 9.74. The Morgan fingerprint density at radius 1 is 0.810 bits per heavy atom. The van der Waals surface area contributed by atoms with Crippen LogP contribution in [0.4, 0.5) is 0 Å². The summed E-state index contributed by atoms with van der Waals surface area (Å²) >= 11 is 0. The van der Waals surface area contributed by atoms with Crippen molar-refractivity contribution >= 4 is 10.9 Å². The van der Waals surface area contributed by atoms with Gasteiger partial charge in [0.1, 0.15) is 0 Å². The fraction of sp³-hybridized carbons (Fsp3) is 0.605. The Morgan fingerprint density at radius 2 is 1.40 bits per heavy atom. The van der Waals surface area contributed by atoms with E-state index in [2.05, 4.69) is 77.9 Å². The van der Waals surface area contributed by atoms with Crippen LogP contribution in [0.15, 0.2) is 54.6 Å². The Balaban J connectivity index is 0.000000227. The molecule has 5 rings (SSSR count). The molecule has 0 saturated heterocycles. The van der Waals surface area contributed by atoms with E-state index in [1.54, 1.807) is 0 Å². The van der Waals surface area contributed by atoms with Crippen LogP contribution in [0, 0.1) is 28.7 Å². The van der Waals surface area contributed by atoms with Gasteiger partial charge in [-0.25, -0.2) is 0 Å². The van der Waals surface area contributed by atoms with Crippen LogP contribution in [-0.2, 0) is 20.1 Å². The van der Waals surface area contributed by atoms with E-state index in [4.69, 9.17) is 4.98 Å². The van der Waals surface area contributed by atoms with Crippen LogP contribution in [-0.4, -0.2) is 27.4 Å². The van der Waals surface area contributed by atoms with Crippen molar-refractivity contribution in [2.45, 2.75) is 124 Å². The minimum atomic E-state index is -0.333. The smallest absolute Gasteiger partial charge is 0.0651 e. The Labute approximate surface area is 269 Å². The Hall–Kier alpha value is -1.58. The average Bonchev–Trinajstić information content (AvgIpc) is 3.24. The van der Waals surface area contributed by atoms with E-state index in [-0.39, 0.29) is 49.1 Å². The van der Waals surface area contributed by atoms with E-state index in [1.807, 2.05) is 24.3 Å². The molecule has 2 aliphatic rings. The number of hydrogen-bond acceptors (Lipinski definition) is 3. The van der Waals surface area contributed by atoms with Gasteiger partial charge < -0.3 is 10.2 Å². The van der Waals surface area contributed by atoms with E-state index in [1.165, 1.54) is 36.6 Å². The number of aromatic nitrogens is 1. The van der Waals surface area contributed by atoms with Gasteiger partial charge in [-0.15, -0.1) is 35.9 Å². The molecule has 0 amide bonds. The van der Waals surface area contributed by atoms with Crippen LogP contribution in [0.5, 0.6) is 0 Å². The second-order valence-corrected chi connectivity index (χ2v) is 13.2. The third kappa shape index (κ3) is 7.04. The molecule has 2 unspecified atom stereocenters. The molecule has 3 nitrogen and oxygen atoms in total. The molecule has 0 spiro atoms. The summed E-state index contributed by atoms with van der Waals surface area (Å²) in [6.45, 7) is 13.3. The van der Waals surface area contributed by atoms with Gasteiger partial charge in [-0.3, -0.25) is 4.98 Å². The van der Waals surface area contributed by atoms with Crippen LogP contribution < -0.4 is 0 Å². The van der Waals surface area contributed by atoms with Crippen molar-refractivity contribution in [3.63, 3.8) is 0 Å². The number of benzene rings is 2. The molecule has 0 aliphatic heterocycles. The molecular formula is C38H54IrNO2-. The van der Waals surface area contributed by atoms with Crippen molar-refractivity contribution in [3.8, 4) is 11.3 Å². The summed E-state index contributed by atoms with van der Waals surface area (Å²) < 4.78 is 0. The van der Waals surface area contributed by atoms with E-state index in [0.29, 0.717) is 11.8 Å². The molecule has 2 fully saturated rings. The average molecular weight is 749 g/mol. The molecule has 2 saturated carbocycles. The van der Waals surface area contributed by atoms with Crippen LogP contribution in [0.2, 0.25) is 0 Å². The molecule has 3 aromatic rings. The molecule has 2 aromatic carbocycles. The van der Waals surface area contributed by atoms with Gasteiger partial charge in [-0.1, -0.05) is 78.6 Å². The number of fused-ring (bicyclic) bond motifs is 2. The molecule has 42 heavy (non-hydrogen) atoms. The zero-order valence-corrected chi connectivity index (χ0v) is 29.2. The molecular weight excluding hydrogens is 695 g/mol. The van der Waals surface area contributed by atoms with Gasteiger partial charge in [0.15, 0.2) is 0 Å². The summed E-state index contributed by atoms with van der Waals surface area (Å²) in [5.74, 6) is 1.12. The first-order valence-corrected chi connectivity index (χ1v) is 16.5. The van der Waals surface area contributed by atoms with Crippen molar-refractivity contribution in [3.05, 3.63) is 66.2 Å². The zero-order chi connectivity index (χ0) is 29.6. The molecule has 233 valence electrons. The second-order valence-electron chi connectivity index (χ2n) is 13.2. The van der Waals surface area contributed by atoms with Crippen molar-refractivity contribution in [1.82, 2.24) is 4.98 Å². The van der Waals surface area contributed by atoms with Gasteiger partial charge in [0.2, 0.25) is 0 Å². The van der Waals surface area contributed by atoms with E-state index < -0.39 is 0 Å². The van der Waals surface area contributed by atoms with Crippen LogP contribution >= 0.6 is 0 Å². The maximum atomic E-state index is 11.4. The number of pyridine rings is 1. The summed E-state index contributed by atoms with van der Waals surface area (Å²) in [4.78, 5) is 4.76. The third-order valence-corrected chi connectivity index (χ3v) is 11.2. The SMILES string of the molecule is CC(C)c1cccc2nc(-c3[c-]cccc3)ccc12.CCC1(CC)CCCC2CCCC(CC)(CC)C(O)C2C1O.[Ir]. The summed E-state index contributed by atoms with van der Waals surface area (Å²) in [5, 5.41) is 24.0. The minimum absolute atomic E-state index is 0. The number of hydrogen-bond donors (Lipinski definition) is 2. The predicted molar refractivity (Wildman–Crippen MR) is 173 cm³/mol. The van der Waals surface area contributed by atoms with Crippen LogP contribution in [0.3, 0.4) is 0 Å². The van der Waals surface area contributed by atoms with Crippen molar-refractivity contribution in [1.29, 1.82) is 0 Å². The topological polar surface area (TPSA) is 53.4 Å². The van der Waals surface area contributed by atoms with Gasteiger partial charge in [0.25, 0.3) is 0 Å². The molecule has 4 heteroatoms. The molecule has 2 N–H and O–H groups in total. The number of nitrogens with zero attached hydrogens (tertiary/aromatic N) is 1. The molecule has 1 radical (unpaired) electrons. The normalized spacial score (nSPS) is 24.9. The van der Waals surface area contributed by atoms with Crippen molar-refractivity contribution in [2.24, 2.45) is 22.7 Å². The summed E-state index contributed by atoms with van der Waals surface area (Å²) in [6.07, 6.45) is 10.6. The standard InChI is InChI=1S/C20H38O2.C18H16N.Ir/c1-5-19(6-2)13-9-11-15-12-10-14-20(7-3,8-4)18(22)16(15)17(19)21;1-13(2)15-9-6-10-18-16(15)11-12-17(19-18)14-7-4-3-5-8-14;/h15-18,21-22H,5-14H2,1-4H3;3-7,9-13H,1-2H3;/q;-1;. The van der Waals surface area contributed by atoms with Crippen molar-refractivity contribution < 1.29 is 30.3 Å². The molecule has 2 aliphatic carbocycles. The van der Waals surface area contributed by atoms with Gasteiger partial charge in [-0.2, -0.15) is 0 Å². The first kappa shape index (κ1) is 34.9.